The molecular weight excluding hydrogens is 334 g/mol. The second kappa shape index (κ2) is 7.75. The molecule has 1 aliphatic rings. The fourth-order valence-corrected chi connectivity index (χ4v) is 5.37. The number of ether oxygens (including phenoxy) is 1. The minimum atomic E-state index is -3.50. The predicted molar refractivity (Wildman–Crippen MR) is 102 cm³/mol. The molecule has 5 heteroatoms. The van der Waals surface area contributed by atoms with Crippen molar-refractivity contribution in [2.24, 2.45) is 0 Å². The summed E-state index contributed by atoms with van der Waals surface area (Å²) in [7, 11) is -3.50. The van der Waals surface area contributed by atoms with Gasteiger partial charge in [0, 0.05) is 23.4 Å². The summed E-state index contributed by atoms with van der Waals surface area (Å²) in [5, 5.41) is 1.61. The van der Waals surface area contributed by atoms with E-state index < -0.39 is 10.0 Å². The van der Waals surface area contributed by atoms with Crippen LogP contribution in [0.3, 0.4) is 0 Å². The van der Waals surface area contributed by atoms with Crippen LogP contribution in [0.4, 0.5) is 0 Å². The highest BCUT2D eigenvalue weighted by Crippen LogP contribution is 2.34. The highest BCUT2D eigenvalue weighted by Gasteiger charge is 2.32. The van der Waals surface area contributed by atoms with Gasteiger partial charge in [-0.15, -0.1) is 0 Å². The summed E-state index contributed by atoms with van der Waals surface area (Å²) < 4.78 is 34.1. The highest BCUT2D eigenvalue weighted by molar-refractivity contribution is 7.89. The molecule has 0 saturated carbocycles. The summed E-state index contributed by atoms with van der Waals surface area (Å²) >= 11 is 0. The summed E-state index contributed by atoms with van der Waals surface area (Å²) in [4.78, 5) is 0.389. The van der Waals surface area contributed by atoms with Crippen LogP contribution in [0.25, 0.3) is 10.8 Å². The van der Waals surface area contributed by atoms with E-state index in [4.69, 9.17) is 4.74 Å². The molecule has 1 heterocycles. The first-order valence-electron chi connectivity index (χ1n) is 9.22. The lowest BCUT2D eigenvalue weighted by molar-refractivity contribution is 0.269. The van der Waals surface area contributed by atoms with Gasteiger partial charge in [-0.1, -0.05) is 44.0 Å². The molecule has 1 aliphatic heterocycles. The van der Waals surface area contributed by atoms with Crippen LogP contribution < -0.4 is 4.74 Å². The van der Waals surface area contributed by atoms with Gasteiger partial charge in [0.15, 0.2) is 0 Å². The minimum Gasteiger partial charge on any atom is -0.493 e. The average molecular weight is 362 g/mol. The quantitative estimate of drug-likeness (QED) is 0.708. The van der Waals surface area contributed by atoms with Crippen LogP contribution in [0.5, 0.6) is 5.75 Å². The second-order valence-electron chi connectivity index (χ2n) is 6.77. The first-order valence-corrected chi connectivity index (χ1v) is 10.7. The Balaban J connectivity index is 2.03. The van der Waals surface area contributed by atoms with E-state index in [0.717, 1.165) is 48.6 Å². The molecule has 1 saturated heterocycles. The molecule has 2 aromatic carbocycles. The van der Waals surface area contributed by atoms with E-state index >= 15 is 0 Å². The van der Waals surface area contributed by atoms with Crippen LogP contribution in [0, 0.1) is 0 Å². The topological polar surface area (TPSA) is 46.6 Å². The molecule has 0 bridgehead atoms. The molecule has 4 nitrogen and oxygen atoms in total. The number of hydrogen-bond donors (Lipinski definition) is 0. The van der Waals surface area contributed by atoms with Gasteiger partial charge >= 0.3 is 0 Å². The summed E-state index contributed by atoms with van der Waals surface area (Å²) in [6, 6.07) is 11.2. The predicted octanol–water partition coefficient (Wildman–Crippen LogP) is 4.58. The van der Waals surface area contributed by atoms with Crippen LogP contribution in [0.1, 0.15) is 46.0 Å². The lowest BCUT2D eigenvalue weighted by Gasteiger charge is -2.32. The van der Waals surface area contributed by atoms with E-state index in [2.05, 4.69) is 6.92 Å². The first kappa shape index (κ1) is 18.2. The Morgan fingerprint density at radius 2 is 1.88 bits per heavy atom. The van der Waals surface area contributed by atoms with Crippen molar-refractivity contribution in [3.8, 4) is 5.75 Å². The first-order chi connectivity index (χ1) is 12.1. The fourth-order valence-electron chi connectivity index (χ4n) is 3.48. The third-order valence-corrected chi connectivity index (χ3v) is 7.00. The number of piperidine rings is 1. The van der Waals surface area contributed by atoms with E-state index in [1.54, 1.807) is 16.4 Å². The number of sulfonamides is 1. The molecule has 0 amide bonds. The number of unbranched alkanes of at least 4 members (excludes halogenated alkanes) is 1. The Bertz CT molecular complexity index is 832. The van der Waals surface area contributed by atoms with Crippen molar-refractivity contribution in [3.05, 3.63) is 36.4 Å². The second-order valence-corrected chi connectivity index (χ2v) is 8.63. The maximum Gasteiger partial charge on any atom is 0.243 e. The Morgan fingerprint density at radius 1 is 1.12 bits per heavy atom. The highest BCUT2D eigenvalue weighted by atomic mass is 32.2. The van der Waals surface area contributed by atoms with Crippen LogP contribution in [-0.2, 0) is 10.0 Å². The fraction of sp³-hybridized carbons (Fsp3) is 0.500. The Kier molecular flexibility index (Phi) is 5.64. The van der Waals surface area contributed by atoms with Gasteiger partial charge in [-0.05, 0) is 38.3 Å². The van der Waals surface area contributed by atoms with Crippen LogP contribution >= 0.6 is 0 Å². The van der Waals surface area contributed by atoms with Crippen LogP contribution in [-0.4, -0.2) is 31.9 Å². The zero-order valence-corrected chi connectivity index (χ0v) is 15.9. The molecule has 25 heavy (non-hydrogen) atoms. The van der Waals surface area contributed by atoms with E-state index in [1.807, 2.05) is 31.2 Å². The molecule has 136 valence electrons. The van der Waals surface area contributed by atoms with Gasteiger partial charge in [0.1, 0.15) is 5.75 Å². The molecule has 2 aromatic rings. The lowest BCUT2D eigenvalue weighted by Crippen LogP contribution is -2.41. The number of hydrogen-bond acceptors (Lipinski definition) is 3. The summed E-state index contributed by atoms with van der Waals surface area (Å²) in [5.74, 6) is 0.759. The van der Waals surface area contributed by atoms with Gasteiger partial charge < -0.3 is 4.74 Å². The maximum absolute atomic E-state index is 13.3. The normalized spacial score (nSPS) is 19.2. The van der Waals surface area contributed by atoms with Crippen molar-refractivity contribution in [2.45, 2.75) is 56.9 Å². The molecule has 0 N–H and O–H groups in total. The average Bonchev–Trinajstić information content (AvgIpc) is 2.62. The summed E-state index contributed by atoms with van der Waals surface area (Å²) in [6.07, 6.45) is 5.00. The van der Waals surface area contributed by atoms with Crippen LogP contribution in [0.2, 0.25) is 0 Å². The monoisotopic (exact) mass is 361 g/mol. The van der Waals surface area contributed by atoms with E-state index in [0.29, 0.717) is 18.0 Å². The molecule has 3 rings (SSSR count). The summed E-state index contributed by atoms with van der Waals surface area (Å²) in [6.45, 7) is 5.38. The third-order valence-electron chi connectivity index (χ3n) is 4.93. The van der Waals surface area contributed by atoms with E-state index in [9.17, 15) is 8.42 Å². The maximum atomic E-state index is 13.3. The van der Waals surface area contributed by atoms with Gasteiger partial charge in [0.2, 0.25) is 10.0 Å². The van der Waals surface area contributed by atoms with Crippen LogP contribution in [0.15, 0.2) is 41.3 Å². The lowest BCUT2D eigenvalue weighted by atomic mass is 10.1. The molecule has 0 spiro atoms. The number of nitrogens with zero attached hydrogens (tertiary/aromatic N) is 1. The molecular formula is C20H27NO3S. The van der Waals surface area contributed by atoms with Gasteiger partial charge in [0.25, 0.3) is 0 Å². The van der Waals surface area contributed by atoms with Gasteiger partial charge in [-0.3, -0.25) is 0 Å². The molecule has 0 radical (unpaired) electrons. The number of fused-ring (bicyclic) bond motifs is 1. The number of benzene rings is 2. The zero-order valence-electron chi connectivity index (χ0n) is 15.1. The van der Waals surface area contributed by atoms with Crippen molar-refractivity contribution in [1.29, 1.82) is 0 Å². The Hall–Kier alpha value is -1.59. The molecule has 1 fully saturated rings. The van der Waals surface area contributed by atoms with Crippen molar-refractivity contribution in [2.75, 3.05) is 13.2 Å². The zero-order chi connectivity index (χ0) is 17.9. The molecule has 0 aliphatic carbocycles. The smallest absolute Gasteiger partial charge is 0.243 e. The van der Waals surface area contributed by atoms with Gasteiger partial charge in [-0.25, -0.2) is 8.42 Å². The SMILES string of the molecule is CCCCOc1ccc(S(=O)(=O)N2CCCC[C@@H]2C)c2ccccc12. The molecule has 1 atom stereocenters. The standard InChI is InChI=1S/C20H27NO3S/c1-3-4-15-24-19-12-13-20(18-11-6-5-10-17(18)19)25(22,23)21-14-8-7-9-16(21)2/h5-6,10-13,16H,3-4,7-9,14-15H2,1-2H3/t16-/m0/s1. The van der Waals surface area contributed by atoms with Crippen molar-refractivity contribution < 1.29 is 13.2 Å². The van der Waals surface area contributed by atoms with Crippen molar-refractivity contribution in [1.82, 2.24) is 4.31 Å². The third kappa shape index (κ3) is 3.67. The van der Waals surface area contributed by atoms with Gasteiger partial charge in [0.05, 0.1) is 11.5 Å². The minimum absolute atomic E-state index is 0.0537. The Labute approximate surface area is 150 Å². The molecule has 0 aromatic heterocycles. The van der Waals surface area contributed by atoms with E-state index in [1.165, 1.54) is 0 Å². The van der Waals surface area contributed by atoms with Gasteiger partial charge in [-0.2, -0.15) is 4.31 Å². The van der Waals surface area contributed by atoms with Crippen molar-refractivity contribution >= 4 is 20.8 Å². The van der Waals surface area contributed by atoms with Crippen molar-refractivity contribution in [3.63, 3.8) is 0 Å². The summed E-state index contributed by atoms with van der Waals surface area (Å²) in [5.41, 5.74) is 0. The number of rotatable bonds is 6. The largest absolute Gasteiger partial charge is 0.493 e. The van der Waals surface area contributed by atoms with E-state index in [-0.39, 0.29) is 6.04 Å². The Morgan fingerprint density at radius 3 is 2.60 bits per heavy atom. The molecule has 0 unspecified atom stereocenters.